The average molecular weight is 202 g/mol. The highest BCUT2D eigenvalue weighted by Gasteiger charge is 2.22. The van der Waals surface area contributed by atoms with Crippen LogP contribution < -0.4 is 0 Å². The number of carboxylic acid groups (broad SMARTS) is 1. The van der Waals surface area contributed by atoms with Gasteiger partial charge in [-0.25, -0.2) is 0 Å². The van der Waals surface area contributed by atoms with Crippen LogP contribution in [0.15, 0.2) is 42.7 Å². The van der Waals surface area contributed by atoms with Crippen LogP contribution >= 0.6 is 0 Å². The summed E-state index contributed by atoms with van der Waals surface area (Å²) in [5.74, 6) is -1.52. The van der Waals surface area contributed by atoms with E-state index in [1.54, 1.807) is 18.3 Å². The molecule has 4 heteroatoms. The van der Waals surface area contributed by atoms with Crippen molar-refractivity contribution in [3.63, 3.8) is 0 Å². The molecule has 0 amide bonds. The number of rotatable bonds is 3. The van der Waals surface area contributed by atoms with Crippen molar-refractivity contribution in [3.8, 4) is 0 Å². The molecule has 0 fully saturated rings. The molecule has 1 unspecified atom stereocenters. The van der Waals surface area contributed by atoms with Gasteiger partial charge in [0, 0.05) is 11.8 Å². The fourth-order valence-electron chi connectivity index (χ4n) is 1.54. The second-order valence-electron chi connectivity index (χ2n) is 3.21. The lowest BCUT2D eigenvalue weighted by Crippen LogP contribution is -2.12. The summed E-state index contributed by atoms with van der Waals surface area (Å²) in [6, 6.07) is 9.10. The second-order valence-corrected chi connectivity index (χ2v) is 3.21. The minimum absolute atomic E-state index is 0.648. The lowest BCUT2D eigenvalue weighted by atomic mass is 9.94. The number of carboxylic acids is 1. The molecule has 0 aliphatic rings. The molecule has 2 N–H and O–H groups in total. The van der Waals surface area contributed by atoms with Gasteiger partial charge in [-0.15, -0.1) is 0 Å². The first-order valence-electron chi connectivity index (χ1n) is 4.55. The molecule has 4 nitrogen and oxygen atoms in total. The Labute approximate surface area is 86.6 Å². The number of aromatic nitrogens is 2. The van der Waals surface area contributed by atoms with Gasteiger partial charge in [0.1, 0.15) is 5.92 Å². The topological polar surface area (TPSA) is 66.0 Å². The molecule has 0 bridgehead atoms. The van der Waals surface area contributed by atoms with E-state index in [1.807, 2.05) is 18.2 Å². The first-order valence-corrected chi connectivity index (χ1v) is 4.55. The summed E-state index contributed by atoms with van der Waals surface area (Å²) in [6.45, 7) is 0. The molecule has 0 aliphatic carbocycles. The van der Waals surface area contributed by atoms with Crippen molar-refractivity contribution in [2.45, 2.75) is 5.92 Å². The Bertz CT molecular complexity index is 437. The molecule has 15 heavy (non-hydrogen) atoms. The summed E-state index contributed by atoms with van der Waals surface area (Å²) in [5, 5.41) is 15.5. The molecule has 0 aliphatic heterocycles. The van der Waals surface area contributed by atoms with E-state index >= 15 is 0 Å². The van der Waals surface area contributed by atoms with Crippen LogP contribution in [0.25, 0.3) is 0 Å². The van der Waals surface area contributed by atoms with Crippen molar-refractivity contribution in [3.05, 3.63) is 53.9 Å². The second kappa shape index (κ2) is 3.96. The van der Waals surface area contributed by atoms with Gasteiger partial charge in [-0.2, -0.15) is 5.10 Å². The first-order chi connectivity index (χ1) is 7.29. The Balaban J connectivity index is 2.42. The van der Waals surface area contributed by atoms with E-state index in [4.69, 9.17) is 5.11 Å². The number of hydrogen-bond donors (Lipinski definition) is 2. The number of benzene rings is 1. The zero-order chi connectivity index (χ0) is 10.7. The Hall–Kier alpha value is -2.10. The van der Waals surface area contributed by atoms with Gasteiger partial charge < -0.3 is 5.11 Å². The van der Waals surface area contributed by atoms with Crippen LogP contribution in [0.1, 0.15) is 17.0 Å². The van der Waals surface area contributed by atoms with E-state index in [2.05, 4.69) is 10.2 Å². The third-order valence-electron chi connectivity index (χ3n) is 2.23. The average Bonchev–Trinajstić information content (AvgIpc) is 2.72. The monoisotopic (exact) mass is 202 g/mol. The van der Waals surface area contributed by atoms with Gasteiger partial charge in [0.25, 0.3) is 0 Å². The molecule has 1 heterocycles. The van der Waals surface area contributed by atoms with Gasteiger partial charge >= 0.3 is 5.97 Å². The van der Waals surface area contributed by atoms with E-state index in [0.29, 0.717) is 5.56 Å². The standard InChI is InChI=1S/C11H10N2O2/c14-11(15)10(9-6-12-13-7-9)8-4-2-1-3-5-8/h1-7,10H,(H,12,13)(H,14,15). The number of carbonyl (C=O) groups is 1. The summed E-state index contributed by atoms with van der Waals surface area (Å²) in [5.41, 5.74) is 1.42. The number of hydrogen-bond acceptors (Lipinski definition) is 2. The van der Waals surface area contributed by atoms with Gasteiger partial charge in [0.2, 0.25) is 0 Å². The Morgan fingerprint density at radius 2 is 2.00 bits per heavy atom. The van der Waals surface area contributed by atoms with Gasteiger partial charge in [-0.05, 0) is 5.56 Å². The van der Waals surface area contributed by atoms with Crippen LogP contribution in [0.2, 0.25) is 0 Å². The van der Waals surface area contributed by atoms with E-state index < -0.39 is 11.9 Å². The summed E-state index contributed by atoms with van der Waals surface area (Å²) in [4.78, 5) is 11.2. The van der Waals surface area contributed by atoms with E-state index in [1.165, 1.54) is 6.20 Å². The molecule has 1 aromatic carbocycles. The predicted molar refractivity (Wildman–Crippen MR) is 54.5 cm³/mol. The number of aromatic amines is 1. The third kappa shape index (κ3) is 1.88. The van der Waals surface area contributed by atoms with Crippen LogP contribution in [-0.4, -0.2) is 21.3 Å². The lowest BCUT2D eigenvalue weighted by molar-refractivity contribution is -0.137. The van der Waals surface area contributed by atoms with Crippen molar-refractivity contribution in [1.29, 1.82) is 0 Å². The van der Waals surface area contributed by atoms with Gasteiger partial charge in [0.15, 0.2) is 0 Å². The van der Waals surface area contributed by atoms with Crippen LogP contribution in [0.5, 0.6) is 0 Å². The van der Waals surface area contributed by atoms with Gasteiger partial charge in [-0.1, -0.05) is 30.3 Å². The molecule has 1 aromatic heterocycles. The molecule has 0 saturated heterocycles. The summed E-state index contributed by atoms with van der Waals surface area (Å²) in [7, 11) is 0. The molecular formula is C11H10N2O2. The Morgan fingerprint density at radius 3 is 2.53 bits per heavy atom. The molecular weight excluding hydrogens is 192 g/mol. The fraction of sp³-hybridized carbons (Fsp3) is 0.0909. The van der Waals surface area contributed by atoms with Crippen molar-refractivity contribution in [2.24, 2.45) is 0 Å². The SMILES string of the molecule is O=C(O)C(c1ccccc1)c1cn[nH]c1. The Kier molecular flexibility index (Phi) is 2.49. The number of aliphatic carboxylic acids is 1. The minimum atomic E-state index is -0.873. The molecule has 76 valence electrons. The van der Waals surface area contributed by atoms with Crippen molar-refractivity contribution < 1.29 is 9.90 Å². The van der Waals surface area contributed by atoms with E-state index in [-0.39, 0.29) is 0 Å². The minimum Gasteiger partial charge on any atom is -0.481 e. The van der Waals surface area contributed by atoms with Crippen LogP contribution in [0, 0.1) is 0 Å². The van der Waals surface area contributed by atoms with Crippen LogP contribution in [-0.2, 0) is 4.79 Å². The van der Waals surface area contributed by atoms with Crippen molar-refractivity contribution >= 4 is 5.97 Å². The maximum atomic E-state index is 11.2. The van der Waals surface area contributed by atoms with E-state index in [0.717, 1.165) is 5.56 Å². The maximum Gasteiger partial charge on any atom is 0.315 e. The first kappa shape index (κ1) is 9.45. The smallest absolute Gasteiger partial charge is 0.315 e. The maximum absolute atomic E-state index is 11.2. The zero-order valence-corrected chi connectivity index (χ0v) is 7.92. The highest BCUT2D eigenvalue weighted by atomic mass is 16.4. The highest BCUT2D eigenvalue weighted by Crippen LogP contribution is 2.23. The molecule has 0 radical (unpaired) electrons. The largest absolute Gasteiger partial charge is 0.481 e. The van der Waals surface area contributed by atoms with Crippen LogP contribution in [0.4, 0.5) is 0 Å². The molecule has 0 spiro atoms. The quantitative estimate of drug-likeness (QED) is 0.794. The number of H-pyrrole nitrogens is 1. The summed E-state index contributed by atoms with van der Waals surface area (Å²) >= 11 is 0. The van der Waals surface area contributed by atoms with Crippen LogP contribution in [0.3, 0.4) is 0 Å². The fourth-order valence-corrected chi connectivity index (χ4v) is 1.54. The van der Waals surface area contributed by atoms with Crippen molar-refractivity contribution in [1.82, 2.24) is 10.2 Å². The third-order valence-corrected chi connectivity index (χ3v) is 2.23. The zero-order valence-electron chi connectivity index (χ0n) is 7.92. The number of nitrogens with one attached hydrogen (secondary N) is 1. The molecule has 1 atom stereocenters. The predicted octanol–water partition coefficient (Wildman–Crippen LogP) is 1.63. The number of nitrogens with zero attached hydrogens (tertiary/aromatic N) is 1. The molecule has 2 rings (SSSR count). The van der Waals surface area contributed by atoms with Crippen molar-refractivity contribution in [2.75, 3.05) is 0 Å². The van der Waals surface area contributed by atoms with Gasteiger partial charge in [0.05, 0.1) is 6.20 Å². The lowest BCUT2D eigenvalue weighted by Gasteiger charge is -2.09. The Morgan fingerprint density at radius 1 is 1.27 bits per heavy atom. The van der Waals surface area contributed by atoms with E-state index in [9.17, 15) is 4.79 Å². The normalized spacial score (nSPS) is 12.3. The summed E-state index contributed by atoms with van der Waals surface area (Å²) < 4.78 is 0. The van der Waals surface area contributed by atoms with Gasteiger partial charge in [-0.3, -0.25) is 9.89 Å². The molecule has 0 saturated carbocycles. The summed E-state index contributed by atoms with van der Waals surface area (Å²) in [6.07, 6.45) is 3.14. The highest BCUT2D eigenvalue weighted by molar-refractivity contribution is 5.80. The molecule has 2 aromatic rings.